The summed E-state index contributed by atoms with van der Waals surface area (Å²) in [4.78, 5) is 7.14. The van der Waals surface area contributed by atoms with Crippen molar-refractivity contribution in [3.63, 3.8) is 0 Å². The van der Waals surface area contributed by atoms with Crippen LogP contribution in [-0.2, 0) is 0 Å². The maximum atomic E-state index is 10.7. The number of thiophene rings is 1. The number of piperidine rings is 1. The first-order valence-corrected chi connectivity index (χ1v) is 12.4. The van der Waals surface area contributed by atoms with E-state index in [1.165, 1.54) is 26.1 Å². The topological polar surface area (TPSA) is 48.5 Å². The van der Waals surface area contributed by atoms with Gasteiger partial charge in [-0.3, -0.25) is 4.90 Å². The monoisotopic (exact) mass is 448 g/mol. The predicted molar refractivity (Wildman–Crippen MR) is 134 cm³/mol. The van der Waals surface area contributed by atoms with E-state index in [4.69, 9.17) is 4.74 Å². The minimum Gasteiger partial charge on any atom is -0.490 e. The summed E-state index contributed by atoms with van der Waals surface area (Å²) in [5.41, 5.74) is 3.78. The number of H-pyrrole nitrogens is 1. The van der Waals surface area contributed by atoms with E-state index < -0.39 is 6.10 Å². The van der Waals surface area contributed by atoms with Crippen LogP contribution < -0.4 is 4.74 Å². The number of likely N-dealkylation sites (tertiary alicyclic amines) is 1. The smallest absolute Gasteiger partial charge is 0.128 e. The van der Waals surface area contributed by atoms with Crippen LogP contribution in [0.1, 0.15) is 41.7 Å². The maximum Gasteiger partial charge on any atom is 0.128 e. The number of benzene rings is 2. The number of nitrogens with one attached hydrogen (secondary N) is 1. The Hall–Kier alpha value is -2.34. The lowest BCUT2D eigenvalue weighted by Crippen LogP contribution is -2.45. The number of nitrogens with zero attached hydrogens (tertiary/aromatic N) is 1. The predicted octanol–water partition coefficient (Wildman–Crippen LogP) is 6.01. The minimum absolute atomic E-state index is 0.311. The van der Waals surface area contributed by atoms with Crippen molar-refractivity contribution >= 4 is 32.3 Å². The molecule has 2 N–H and O–H groups in total. The highest BCUT2D eigenvalue weighted by Crippen LogP contribution is 2.39. The molecular weight excluding hydrogens is 416 g/mol. The van der Waals surface area contributed by atoms with Gasteiger partial charge in [0.25, 0.3) is 0 Å². The Balaban J connectivity index is 1.18. The number of aryl methyl sites for hydroxylation is 2. The number of fused-ring (bicyclic) bond motifs is 2. The molecule has 5 heteroatoms. The highest BCUT2D eigenvalue weighted by Gasteiger charge is 2.29. The van der Waals surface area contributed by atoms with Gasteiger partial charge in [-0.05, 0) is 92.9 Å². The van der Waals surface area contributed by atoms with E-state index in [1.54, 1.807) is 0 Å². The van der Waals surface area contributed by atoms with E-state index in [0.717, 1.165) is 36.0 Å². The second kappa shape index (κ2) is 8.89. The van der Waals surface area contributed by atoms with Crippen molar-refractivity contribution < 1.29 is 9.84 Å². The molecule has 0 aliphatic carbocycles. The fraction of sp³-hybridized carbons (Fsp3) is 0.407. The van der Waals surface area contributed by atoms with Crippen molar-refractivity contribution in [1.82, 2.24) is 9.88 Å². The molecule has 5 rings (SSSR count). The van der Waals surface area contributed by atoms with Gasteiger partial charge in [0.15, 0.2) is 0 Å². The van der Waals surface area contributed by atoms with E-state index >= 15 is 0 Å². The Bertz CT molecular complexity index is 1230. The molecule has 1 fully saturated rings. The molecule has 4 nitrogen and oxygen atoms in total. The Morgan fingerprint density at radius 3 is 2.91 bits per heavy atom. The fourth-order valence-corrected chi connectivity index (χ4v) is 6.54. The van der Waals surface area contributed by atoms with Crippen molar-refractivity contribution in [3.05, 3.63) is 64.7 Å². The first kappa shape index (κ1) is 21.5. The molecule has 0 bridgehead atoms. The van der Waals surface area contributed by atoms with Crippen LogP contribution in [-0.4, -0.2) is 46.8 Å². The number of aromatic nitrogens is 1. The van der Waals surface area contributed by atoms with Gasteiger partial charge in [0.2, 0.25) is 0 Å². The third-order valence-corrected chi connectivity index (χ3v) is 8.10. The first-order chi connectivity index (χ1) is 15.5. The van der Waals surface area contributed by atoms with Gasteiger partial charge in [-0.15, -0.1) is 11.3 Å². The largest absolute Gasteiger partial charge is 0.490 e. The van der Waals surface area contributed by atoms with Gasteiger partial charge in [-0.2, -0.15) is 0 Å². The molecule has 2 aromatic carbocycles. The molecule has 2 aromatic heterocycles. The SMILES string of the molecule is Cc1cc(C)c2cc(C3CCN(CC(O)COc4cccc5[nH]ccc45)[C@@H](C)C3)sc2c1. The van der Waals surface area contributed by atoms with Crippen LogP contribution in [0.5, 0.6) is 5.75 Å². The Kier molecular flexibility index (Phi) is 5.97. The first-order valence-electron chi connectivity index (χ1n) is 11.6. The van der Waals surface area contributed by atoms with E-state index in [1.807, 2.05) is 41.8 Å². The lowest BCUT2D eigenvalue weighted by Gasteiger charge is -2.38. The number of hydrogen-bond acceptors (Lipinski definition) is 4. The van der Waals surface area contributed by atoms with Gasteiger partial charge in [-0.1, -0.05) is 12.1 Å². The Labute approximate surface area is 193 Å². The molecule has 0 amide bonds. The van der Waals surface area contributed by atoms with E-state index in [0.29, 0.717) is 25.1 Å². The molecule has 0 saturated carbocycles. The third kappa shape index (κ3) is 4.29. The van der Waals surface area contributed by atoms with Gasteiger partial charge in [0.1, 0.15) is 18.5 Å². The van der Waals surface area contributed by atoms with Gasteiger partial charge < -0.3 is 14.8 Å². The average Bonchev–Trinajstić information content (AvgIpc) is 3.41. The fourth-order valence-electron chi connectivity index (χ4n) is 5.15. The lowest BCUT2D eigenvalue weighted by molar-refractivity contribution is 0.0408. The summed E-state index contributed by atoms with van der Waals surface area (Å²) in [7, 11) is 0. The number of aliphatic hydroxyl groups is 1. The number of aromatic amines is 1. The third-order valence-electron chi connectivity index (χ3n) is 6.86. The molecule has 1 aliphatic rings. The van der Waals surface area contributed by atoms with Gasteiger partial charge in [0, 0.05) is 39.3 Å². The summed E-state index contributed by atoms with van der Waals surface area (Å²) in [6.45, 7) is 8.68. The highest BCUT2D eigenvalue weighted by atomic mass is 32.1. The zero-order valence-electron chi connectivity index (χ0n) is 19.1. The summed E-state index contributed by atoms with van der Waals surface area (Å²) < 4.78 is 7.38. The molecule has 0 spiro atoms. The molecular formula is C27H32N2O2S. The number of rotatable bonds is 6. The van der Waals surface area contributed by atoms with E-state index in [2.05, 4.69) is 48.9 Å². The number of hydrogen-bond donors (Lipinski definition) is 2. The number of β-amino-alcohol motifs (C(OH)–C–C–N with tert-alkyl or cyclic N) is 1. The Morgan fingerprint density at radius 1 is 1.19 bits per heavy atom. The van der Waals surface area contributed by atoms with E-state index in [-0.39, 0.29) is 0 Å². The van der Waals surface area contributed by atoms with Crippen LogP contribution in [0.4, 0.5) is 0 Å². The summed E-state index contributed by atoms with van der Waals surface area (Å²) >= 11 is 1.97. The molecule has 3 heterocycles. The number of ether oxygens (including phenoxy) is 1. The molecule has 3 atom stereocenters. The molecule has 2 unspecified atom stereocenters. The van der Waals surface area contributed by atoms with Crippen molar-refractivity contribution in [1.29, 1.82) is 0 Å². The van der Waals surface area contributed by atoms with Crippen molar-refractivity contribution in [2.24, 2.45) is 0 Å². The standard InChI is InChI=1S/C27H32N2O2S/c1-17-11-18(2)23-14-26(32-27(23)12-17)20-8-10-29(19(3)13-20)15-21(30)16-31-25-6-4-5-24-22(25)7-9-28-24/h4-7,9,11-12,14,19-21,28,30H,8,10,13,15-16H2,1-3H3/t19-,20?,21?/m0/s1. The van der Waals surface area contributed by atoms with Crippen LogP contribution in [0.15, 0.2) is 48.7 Å². The van der Waals surface area contributed by atoms with Crippen molar-refractivity contribution in [2.45, 2.75) is 51.7 Å². The molecule has 168 valence electrons. The second-order valence-corrected chi connectivity index (χ2v) is 10.5. The molecule has 4 aromatic rings. The Morgan fingerprint density at radius 2 is 2.06 bits per heavy atom. The summed E-state index contributed by atoms with van der Waals surface area (Å²) in [5, 5.41) is 13.1. The lowest BCUT2D eigenvalue weighted by atomic mass is 9.89. The van der Waals surface area contributed by atoms with Crippen LogP contribution in [0.25, 0.3) is 21.0 Å². The van der Waals surface area contributed by atoms with Crippen LogP contribution >= 0.6 is 11.3 Å². The van der Waals surface area contributed by atoms with E-state index in [9.17, 15) is 5.11 Å². The summed E-state index contributed by atoms with van der Waals surface area (Å²) in [5.74, 6) is 1.43. The minimum atomic E-state index is -0.502. The van der Waals surface area contributed by atoms with Gasteiger partial charge >= 0.3 is 0 Å². The highest BCUT2D eigenvalue weighted by molar-refractivity contribution is 7.19. The van der Waals surface area contributed by atoms with Crippen LogP contribution in [0, 0.1) is 13.8 Å². The van der Waals surface area contributed by atoms with Gasteiger partial charge in [-0.25, -0.2) is 0 Å². The molecule has 32 heavy (non-hydrogen) atoms. The zero-order chi connectivity index (χ0) is 22.2. The number of aliphatic hydroxyl groups excluding tert-OH is 1. The van der Waals surface area contributed by atoms with Crippen LogP contribution in [0.2, 0.25) is 0 Å². The second-order valence-electron chi connectivity index (χ2n) is 9.37. The quantitative estimate of drug-likeness (QED) is 0.380. The average molecular weight is 449 g/mol. The van der Waals surface area contributed by atoms with Crippen molar-refractivity contribution in [2.75, 3.05) is 19.7 Å². The summed E-state index contributed by atoms with van der Waals surface area (Å²) in [6.07, 6.45) is 3.70. The molecule has 0 radical (unpaired) electrons. The molecule has 1 saturated heterocycles. The molecule has 1 aliphatic heterocycles. The summed E-state index contributed by atoms with van der Waals surface area (Å²) in [6, 6.07) is 15.5. The maximum absolute atomic E-state index is 10.7. The normalized spacial score (nSPS) is 20.8. The van der Waals surface area contributed by atoms with Crippen molar-refractivity contribution in [3.8, 4) is 5.75 Å². The van der Waals surface area contributed by atoms with Crippen LogP contribution in [0.3, 0.4) is 0 Å². The zero-order valence-corrected chi connectivity index (χ0v) is 19.9. The van der Waals surface area contributed by atoms with Gasteiger partial charge in [0.05, 0.1) is 0 Å².